The van der Waals surface area contributed by atoms with Crippen LogP contribution in [0.25, 0.3) is 0 Å². The zero-order valence-corrected chi connectivity index (χ0v) is 17.1. The van der Waals surface area contributed by atoms with Gasteiger partial charge in [-0.25, -0.2) is 0 Å². The Labute approximate surface area is 175 Å². The Morgan fingerprint density at radius 1 is 1.10 bits per heavy atom. The number of nitrogens with one attached hydrogen (secondary N) is 3. The van der Waals surface area contributed by atoms with E-state index in [9.17, 15) is 14.4 Å². The predicted octanol–water partition coefficient (Wildman–Crippen LogP) is 1.91. The van der Waals surface area contributed by atoms with Gasteiger partial charge < -0.3 is 25.6 Å². The molecule has 0 saturated carbocycles. The molecule has 0 aliphatic carbocycles. The minimum Gasteiger partial charge on any atom is -0.497 e. The highest BCUT2D eigenvalue weighted by molar-refractivity contribution is 6.02. The lowest BCUT2D eigenvalue weighted by Crippen LogP contribution is -2.48. The normalized spacial score (nSPS) is 15.4. The second-order valence-corrected chi connectivity index (χ2v) is 6.94. The molecular weight excluding hydrogens is 384 g/mol. The molecule has 2 aromatic carbocycles. The van der Waals surface area contributed by atoms with Gasteiger partial charge in [0.05, 0.1) is 24.9 Å². The Kier molecular flexibility index (Phi) is 6.90. The maximum absolute atomic E-state index is 12.7. The fourth-order valence-corrected chi connectivity index (χ4v) is 3.48. The van der Waals surface area contributed by atoms with Crippen LogP contribution in [0.4, 0.5) is 11.4 Å². The smallest absolute Gasteiger partial charge is 0.253 e. The van der Waals surface area contributed by atoms with E-state index >= 15 is 0 Å². The first-order valence-electron chi connectivity index (χ1n) is 9.83. The van der Waals surface area contributed by atoms with Crippen LogP contribution in [0, 0.1) is 0 Å². The highest BCUT2D eigenvalue weighted by Crippen LogP contribution is 2.23. The van der Waals surface area contributed by atoms with Gasteiger partial charge in [-0.1, -0.05) is 12.1 Å². The summed E-state index contributed by atoms with van der Waals surface area (Å²) in [4.78, 5) is 38.7. The molecule has 1 unspecified atom stereocenters. The van der Waals surface area contributed by atoms with Crippen molar-refractivity contribution in [1.82, 2.24) is 15.5 Å². The number of anilines is 2. The first-order chi connectivity index (χ1) is 14.5. The minimum atomic E-state index is -0.469. The van der Waals surface area contributed by atoms with Crippen molar-refractivity contribution in [2.45, 2.75) is 18.9 Å². The van der Waals surface area contributed by atoms with Crippen LogP contribution in [-0.4, -0.2) is 55.9 Å². The van der Waals surface area contributed by atoms with E-state index in [0.29, 0.717) is 24.2 Å². The Bertz CT molecular complexity index is 914. The molecule has 1 aliphatic rings. The number of likely N-dealkylation sites (tertiary alicyclic amines) is 1. The second-order valence-electron chi connectivity index (χ2n) is 6.94. The van der Waals surface area contributed by atoms with E-state index in [0.717, 1.165) is 17.9 Å². The van der Waals surface area contributed by atoms with E-state index in [1.165, 1.54) is 4.90 Å². The molecule has 1 fully saturated rings. The summed E-state index contributed by atoms with van der Waals surface area (Å²) in [5.41, 5.74) is 1.85. The maximum atomic E-state index is 12.7. The summed E-state index contributed by atoms with van der Waals surface area (Å²) in [6, 6.07) is 13.9. The Balaban J connectivity index is 1.64. The predicted molar refractivity (Wildman–Crippen MR) is 114 cm³/mol. The molecule has 1 saturated heterocycles. The number of carbonyl (C=O) groups excluding carboxylic acids is 3. The molecule has 0 bridgehead atoms. The van der Waals surface area contributed by atoms with Crippen molar-refractivity contribution in [1.29, 1.82) is 0 Å². The number of benzene rings is 2. The molecule has 8 nitrogen and oxygen atoms in total. The topological polar surface area (TPSA) is 99.8 Å². The SMILES string of the molecule is CNC(=O)C1CCCN1C(=O)CNC(=O)c1ccccc1Nc1ccc(OC)cc1. The zero-order valence-electron chi connectivity index (χ0n) is 17.1. The second kappa shape index (κ2) is 9.78. The lowest BCUT2D eigenvalue weighted by atomic mass is 10.1. The first kappa shape index (κ1) is 21.2. The van der Waals surface area contributed by atoms with Crippen LogP contribution < -0.4 is 20.7 Å². The monoisotopic (exact) mass is 410 g/mol. The van der Waals surface area contributed by atoms with Crippen molar-refractivity contribution in [3.05, 3.63) is 54.1 Å². The van der Waals surface area contributed by atoms with Crippen LogP contribution in [0.3, 0.4) is 0 Å². The molecule has 2 aromatic rings. The summed E-state index contributed by atoms with van der Waals surface area (Å²) in [6.45, 7) is 0.353. The van der Waals surface area contributed by atoms with Crippen molar-refractivity contribution >= 4 is 29.1 Å². The summed E-state index contributed by atoms with van der Waals surface area (Å²) < 4.78 is 5.15. The van der Waals surface area contributed by atoms with Crippen molar-refractivity contribution in [2.75, 3.05) is 32.6 Å². The molecule has 3 N–H and O–H groups in total. The van der Waals surface area contributed by atoms with Gasteiger partial charge >= 0.3 is 0 Å². The van der Waals surface area contributed by atoms with E-state index in [1.54, 1.807) is 32.4 Å². The third-order valence-electron chi connectivity index (χ3n) is 5.06. The Morgan fingerprint density at radius 3 is 2.53 bits per heavy atom. The van der Waals surface area contributed by atoms with Crippen LogP contribution in [0.15, 0.2) is 48.5 Å². The molecule has 3 amide bonds. The molecule has 1 heterocycles. The largest absolute Gasteiger partial charge is 0.497 e. The maximum Gasteiger partial charge on any atom is 0.253 e. The molecular formula is C22H26N4O4. The summed E-state index contributed by atoms with van der Waals surface area (Å²) in [7, 11) is 3.15. The van der Waals surface area contributed by atoms with Gasteiger partial charge in [0.25, 0.3) is 5.91 Å². The molecule has 1 aliphatic heterocycles. The molecule has 8 heteroatoms. The van der Waals surface area contributed by atoms with Crippen LogP contribution in [0.5, 0.6) is 5.75 Å². The number of hydrogen-bond donors (Lipinski definition) is 3. The van der Waals surface area contributed by atoms with E-state index in [2.05, 4.69) is 16.0 Å². The fraction of sp³-hybridized carbons (Fsp3) is 0.318. The number of carbonyl (C=O) groups is 3. The van der Waals surface area contributed by atoms with Gasteiger partial charge in [0, 0.05) is 19.3 Å². The molecule has 3 rings (SSSR count). The quantitative estimate of drug-likeness (QED) is 0.648. The molecule has 0 radical (unpaired) electrons. The number of ether oxygens (including phenoxy) is 1. The van der Waals surface area contributed by atoms with Crippen molar-refractivity contribution < 1.29 is 19.1 Å². The lowest BCUT2D eigenvalue weighted by molar-refractivity contribution is -0.137. The number of amides is 3. The first-order valence-corrected chi connectivity index (χ1v) is 9.83. The summed E-state index contributed by atoms with van der Waals surface area (Å²) in [5.74, 6) is -0.0750. The van der Waals surface area contributed by atoms with E-state index in [-0.39, 0.29) is 24.3 Å². The van der Waals surface area contributed by atoms with E-state index in [4.69, 9.17) is 4.74 Å². The number of hydrogen-bond acceptors (Lipinski definition) is 5. The van der Waals surface area contributed by atoms with E-state index < -0.39 is 6.04 Å². The standard InChI is InChI=1S/C22H26N4O4/c1-23-22(29)19-8-5-13-26(19)20(27)14-24-21(28)17-6-3-4-7-18(17)25-15-9-11-16(30-2)12-10-15/h3-4,6-7,9-12,19,25H,5,8,13-14H2,1-2H3,(H,23,29)(H,24,28). The number of rotatable bonds is 7. The van der Waals surface area contributed by atoms with E-state index in [1.807, 2.05) is 30.3 Å². The van der Waals surface area contributed by atoms with Gasteiger partial charge in [0.15, 0.2) is 0 Å². The van der Waals surface area contributed by atoms with Crippen LogP contribution in [-0.2, 0) is 9.59 Å². The van der Waals surface area contributed by atoms with Crippen LogP contribution in [0.1, 0.15) is 23.2 Å². The third kappa shape index (κ3) is 4.89. The molecule has 1 atom stereocenters. The van der Waals surface area contributed by atoms with Gasteiger partial charge in [0.2, 0.25) is 11.8 Å². The third-order valence-corrected chi connectivity index (χ3v) is 5.06. The van der Waals surface area contributed by atoms with Crippen molar-refractivity contribution in [3.8, 4) is 5.75 Å². The van der Waals surface area contributed by atoms with Crippen LogP contribution >= 0.6 is 0 Å². The highest BCUT2D eigenvalue weighted by atomic mass is 16.5. The number of nitrogens with zero attached hydrogens (tertiary/aromatic N) is 1. The van der Waals surface area contributed by atoms with Gasteiger partial charge in [-0.2, -0.15) is 0 Å². The molecule has 158 valence electrons. The summed E-state index contributed by atoms with van der Waals surface area (Å²) >= 11 is 0. The van der Waals surface area contributed by atoms with Crippen molar-refractivity contribution in [3.63, 3.8) is 0 Å². The molecule has 0 spiro atoms. The average Bonchev–Trinajstić information content (AvgIpc) is 3.27. The number of likely N-dealkylation sites (N-methyl/N-ethyl adjacent to an activating group) is 1. The minimum absolute atomic E-state index is 0.163. The lowest BCUT2D eigenvalue weighted by Gasteiger charge is -2.23. The Morgan fingerprint density at radius 2 is 1.83 bits per heavy atom. The van der Waals surface area contributed by atoms with Gasteiger partial charge in [-0.15, -0.1) is 0 Å². The van der Waals surface area contributed by atoms with Crippen LogP contribution in [0.2, 0.25) is 0 Å². The summed E-state index contributed by atoms with van der Waals surface area (Å²) in [6.07, 6.45) is 1.40. The van der Waals surface area contributed by atoms with Crippen molar-refractivity contribution in [2.24, 2.45) is 0 Å². The molecule has 0 aromatic heterocycles. The number of para-hydroxylation sites is 1. The van der Waals surface area contributed by atoms with Gasteiger partial charge in [-0.3, -0.25) is 14.4 Å². The van der Waals surface area contributed by atoms with Gasteiger partial charge in [-0.05, 0) is 49.2 Å². The zero-order chi connectivity index (χ0) is 21.5. The number of methoxy groups -OCH3 is 1. The highest BCUT2D eigenvalue weighted by Gasteiger charge is 2.33. The summed E-state index contributed by atoms with van der Waals surface area (Å²) in [5, 5.41) is 8.47. The Hall–Kier alpha value is -3.55. The molecule has 30 heavy (non-hydrogen) atoms. The van der Waals surface area contributed by atoms with Gasteiger partial charge in [0.1, 0.15) is 11.8 Å². The average molecular weight is 410 g/mol. The fourth-order valence-electron chi connectivity index (χ4n) is 3.48.